The Labute approximate surface area is 542 Å². The lowest BCUT2D eigenvalue weighted by atomic mass is 9.96. The third-order valence-electron chi connectivity index (χ3n) is 15.6. The number of rotatable bonds is 48. The van der Waals surface area contributed by atoms with Gasteiger partial charge in [-0.2, -0.15) is 0 Å². The summed E-state index contributed by atoms with van der Waals surface area (Å²) in [5.41, 5.74) is 0. The number of hydrogen-bond donors (Lipinski definition) is 12. The fourth-order valence-electron chi connectivity index (χ4n) is 10.2. The van der Waals surface area contributed by atoms with Crippen LogP contribution in [0.25, 0.3) is 0 Å². The van der Waals surface area contributed by atoms with E-state index in [1.807, 2.05) is 6.08 Å². The lowest BCUT2D eigenvalue weighted by molar-refractivity contribution is -0.379. The molecule has 3 fully saturated rings. The second-order valence-corrected chi connectivity index (χ2v) is 23.2. The summed E-state index contributed by atoms with van der Waals surface area (Å²) in [5, 5.41) is 120. The summed E-state index contributed by atoms with van der Waals surface area (Å²) in [6.45, 7) is 1.48. The van der Waals surface area contributed by atoms with Gasteiger partial charge in [0, 0.05) is 6.42 Å². The summed E-state index contributed by atoms with van der Waals surface area (Å²) in [5.74, 6) is -0.307. The molecule has 3 saturated heterocycles. The van der Waals surface area contributed by atoms with Gasteiger partial charge in [0.1, 0.15) is 73.2 Å². The van der Waals surface area contributed by atoms with Crippen LogP contribution in [0.3, 0.4) is 0 Å². The smallest absolute Gasteiger partial charge is 0.220 e. The minimum absolute atomic E-state index is 0.210. The molecule has 12 N–H and O–H groups in total. The van der Waals surface area contributed by atoms with E-state index in [2.05, 4.69) is 153 Å². The van der Waals surface area contributed by atoms with Crippen LogP contribution in [0, 0.1) is 0 Å². The van der Waals surface area contributed by atoms with Crippen LogP contribution in [0.2, 0.25) is 0 Å². The molecule has 0 aromatic rings. The van der Waals surface area contributed by atoms with E-state index in [0.717, 1.165) is 141 Å². The molecule has 0 radical (unpaired) electrons. The first kappa shape index (κ1) is 80.9. The molecule has 91 heavy (non-hydrogen) atoms. The number of aliphatic hydroxyl groups is 11. The number of ether oxygens (including phenoxy) is 6. The van der Waals surface area contributed by atoms with E-state index in [0.29, 0.717) is 6.42 Å². The Balaban J connectivity index is 1.32. The van der Waals surface area contributed by atoms with Crippen LogP contribution >= 0.6 is 0 Å². The number of carbonyl (C=O) groups excluding carboxylic acids is 1. The normalized spacial score (nSPS) is 28.8. The van der Waals surface area contributed by atoms with Crippen molar-refractivity contribution in [2.75, 3.05) is 26.4 Å². The number of carbonyl (C=O) groups is 1. The number of nitrogens with one attached hydrogen (secondary N) is 1. The summed E-state index contributed by atoms with van der Waals surface area (Å²) in [7, 11) is 0. The molecule has 516 valence electrons. The Morgan fingerprint density at radius 3 is 1.19 bits per heavy atom. The van der Waals surface area contributed by atoms with Crippen molar-refractivity contribution in [2.24, 2.45) is 0 Å². The maximum Gasteiger partial charge on any atom is 0.220 e. The van der Waals surface area contributed by atoms with Crippen LogP contribution < -0.4 is 5.32 Å². The first-order chi connectivity index (χ1) is 44.3. The van der Waals surface area contributed by atoms with E-state index >= 15 is 0 Å². The number of allylic oxidation sites excluding steroid dienone is 23. The quantitative estimate of drug-likeness (QED) is 0.0201. The zero-order valence-electron chi connectivity index (χ0n) is 54.2. The summed E-state index contributed by atoms with van der Waals surface area (Å²) in [6.07, 6.45) is 47.4. The standard InChI is InChI=1S/C72H115NO18/c1-3-5-7-9-11-12-13-14-15-16-17-18-19-20-21-22-23-24-25-26-27-28-29-30-31-32-33-34-35-36-37-38-39-40-41-42-44-46-48-50-60(78)73-55(56(77)49-47-45-43-10-8-6-4-2)54-86-70-66(84)63(81)68(58(52-75)88-70)91-72-67(85)64(82)69(59(53-76)89-72)90-71-65(83)62(80)61(79)57(51-74)87-71/h5,7,11-12,14-15,17-18,20-21,23-24,26-27,29-30,32-33,35-36,38-39,47,49,55-59,61-72,74-77,79-85H,3-4,6,8-10,13,16,19,22,25,28,31,34,37,40-46,48,50-54H2,1-2H3,(H,73,78)/b7-5-,12-11-,15-14-,18-17-,21-20-,24-23-,27-26-,30-29-,33-32-,36-35-,39-38-,49-47+. The van der Waals surface area contributed by atoms with Gasteiger partial charge in [0.15, 0.2) is 18.9 Å². The highest BCUT2D eigenvalue weighted by Gasteiger charge is 2.53. The molecule has 3 heterocycles. The van der Waals surface area contributed by atoms with Gasteiger partial charge in [-0.1, -0.05) is 205 Å². The molecule has 19 nitrogen and oxygen atoms in total. The van der Waals surface area contributed by atoms with Gasteiger partial charge in [0.25, 0.3) is 0 Å². The van der Waals surface area contributed by atoms with E-state index in [-0.39, 0.29) is 18.9 Å². The first-order valence-electron chi connectivity index (χ1n) is 33.6. The molecule has 0 aliphatic carbocycles. The molecule has 1 amide bonds. The number of unbranched alkanes of at least 4 members (excludes halogenated alkanes) is 10. The molecule has 0 aromatic heterocycles. The molecule has 3 aliphatic heterocycles. The predicted molar refractivity (Wildman–Crippen MR) is 355 cm³/mol. The molecule has 17 atom stereocenters. The van der Waals surface area contributed by atoms with E-state index in [1.165, 1.54) is 0 Å². The van der Waals surface area contributed by atoms with Gasteiger partial charge in [-0.3, -0.25) is 4.79 Å². The van der Waals surface area contributed by atoms with Crippen LogP contribution in [0.5, 0.6) is 0 Å². The fraction of sp³-hybridized carbons (Fsp3) is 0.653. The lowest BCUT2D eigenvalue weighted by Crippen LogP contribution is -2.66. The molecule has 0 spiro atoms. The van der Waals surface area contributed by atoms with Crippen LogP contribution in [-0.4, -0.2) is 193 Å². The predicted octanol–water partition coefficient (Wildman–Crippen LogP) is 8.37. The second kappa shape index (κ2) is 52.0. The topological polar surface area (TPSA) is 307 Å². The minimum atomic E-state index is -1.99. The van der Waals surface area contributed by atoms with Gasteiger partial charge in [-0.15, -0.1) is 0 Å². The van der Waals surface area contributed by atoms with Crippen molar-refractivity contribution < 1.29 is 89.4 Å². The van der Waals surface area contributed by atoms with Crippen molar-refractivity contribution in [3.05, 3.63) is 146 Å². The number of amides is 1. The Morgan fingerprint density at radius 2 is 0.758 bits per heavy atom. The third kappa shape index (κ3) is 34.1. The SMILES string of the molecule is CC/C=C\C/C=C\C/C=C\C/C=C\C/C=C\C/C=C\C/C=C\C/C=C\C/C=C\C/C=C\C/C=C\CCCCCCCC(=O)NC(COC1OC(CO)C(OC2OC(CO)C(OC3OC(CO)C(O)C(O)C3O)C(O)C2O)C(O)C1O)C(O)/C=C/CCCCCCC. The molecule has 3 aliphatic rings. The molecule has 0 bridgehead atoms. The highest BCUT2D eigenvalue weighted by Crippen LogP contribution is 2.33. The van der Waals surface area contributed by atoms with Crippen LogP contribution in [0.4, 0.5) is 0 Å². The second-order valence-electron chi connectivity index (χ2n) is 23.2. The molecule has 0 saturated carbocycles. The van der Waals surface area contributed by atoms with Crippen molar-refractivity contribution in [1.82, 2.24) is 5.32 Å². The fourth-order valence-corrected chi connectivity index (χ4v) is 10.2. The molecule has 19 heteroatoms. The van der Waals surface area contributed by atoms with Gasteiger partial charge in [-0.05, 0) is 103 Å². The zero-order valence-corrected chi connectivity index (χ0v) is 54.2. The summed E-state index contributed by atoms with van der Waals surface area (Å²) in [4.78, 5) is 13.3. The molecular weight excluding hydrogens is 1170 g/mol. The van der Waals surface area contributed by atoms with Crippen molar-refractivity contribution >= 4 is 5.91 Å². The van der Waals surface area contributed by atoms with Crippen LogP contribution in [0.15, 0.2) is 146 Å². The van der Waals surface area contributed by atoms with E-state index in [9.17, 15) is 61.0 Å². The largest absolute Gasteiger partial charge is 0.394 e. The average Bonchev–Trinajstić information content (AvgIpc) is 1.40. The molecule has 3 rings (SSSR count). The van der Waals surface area contributed by atoms with Gasteiger partial charge < -0.3 is 89.9 Å². The summed E-state index contributed by atoms with van der Waals surface area (Å²) in [6, 6.07) is -0.991. The first-order valence-corrected chi connectivity index (χ1v) is 33.6. The van der Waals surface area contributed by atoms with Gasteiger partial charge >= 0.3 is 0 Å². The Bertz CT molecular complexity index is 2220. The van der Waals surface area contributed by atoms with E-state index < -0.39 is 124 Å². The Kier molecular flexibility index (Phi) is 46.2. The van der Waals surface area contributed by atoms with Gasteiger partial charge in [-0.25, -0.2) is 0 Å². The highest BCUT2D eigenvalue weighted by atomic mass is 16.8. The van der Waals surface area contributed by atoms with Gasteiger partial charge in [0.05, 0.1) is 38.6 Å². The highest BCUT2D eigenvalue weighted by molar-refractivity contribution is 5.76. The average molecular weight is 1280 g/mol. The lowest BCUT2D eigenvalue weighted by Gasteiger charge is -2.48. The van der Waals surface area contributed by atoms with Crippen molar-refractivity contribution in [2.45, 2.75) is 272 Å². The van der Waals surface area contributed by atoms with Crippen LogP contribution in [0.1, 0.15) is 168 Å². The Hall–Kier alpha value is -4.33. The minimum Gasteiger partial charge on any atom is -0.394 e. The van der Waals surface area contributed by atoms with E-state index in [1.54, 1.807) is 6.08 Å². The maximum absolute atomic E-state index is 13.3. The van der Waals surface area contributed by atoms with Crippen molar-refractivity contribution in [3.63, 3.8) is 0 Å². The van der Waals surface area contributed by atoms with Crippen molar-refractivity contribution in [3.8, 4) is 0 Å². The van der Waals surface area contributed by atoms with Crippen LogP contribution in [-0.2, 0) is 33.2 Å². The van der Waals surface area contributed by atoms with Crippen molar-refractivity contribution in [1.29, 1.82) is 0 Å². The zero-order chi connectivity index (χ0) is 66.1. The number of aliphatic hydroxyl groups excluding tert-OH is 11. The molecule has 17 unspecified atom stereocenters. The van der Waals surface area contributed by atoms with Gasteiger partial charge in [0.2, 0.25) is 5.91 Å². The van der Waals surface area contributed by atoms with E-state index in [4.69, 9.17) is 28.4 Å². The maximum atomic E-state index is 13.3. The monoisotopic (exact) mass is 1280 g/mol. The summed E-state index contributed by atoms with van der Waals surface area (Å²) < 4.78 is 34.1. The third-order valence-corrected chi connectivity index (χ3v) is 15.6. The molecule has 0 aromatic carbocycles. The Morgan fingerprint density at radius 1 is 0.407 bits per heavy atom. The summed E-state index contributed by atoms with van der Waals surface area (Å²) >= 11 is 0. The molecular formula is C72H115NO18. The number of hydrogen-bond acceptors (Lipinski definition) is 18.